The minimum Gasteiger partial charge on any atom is -0.310 e. The van der Waals surface area contributed by atoms with E-state index < -0.39 is 0 Å². The van der Waals surface area contributed by atoms with Gasteiger partial charge in [-0.15, -0.1) is 0 Å². The Hall–Kier alpha value is -9.56. The van der Waals surface area contributed by atoms with Crippen LogP contribution >= 0.6 is 0 Å². The summed E-state index contributed by atoms with van der Waals surface area (Å²) in [6.07, 6.45) is 3.99. The fourth-order valence-electron chi connectivity index (χ4n) is 9.60. The van der Waals surface area contributed by atoms with Gasteiger partial charge < -0.3 is 19.6 Å². The second-order valence-corrected chi connectivity index (χ2v) is 17.4. The topological polar surface area (TPSA) is 13.0 Å². The van der Waals surface area contributed by atoms with Crippen molar-refractivity contribution in [1.82, 2.24) is 0 Å². The van der Waals surface area contributed by atoms with E-state index >= 15 is 0 Å². The lowest BCUT2D eigenvalue weighted by Gasteiger charge is -2.30. The summed E-state index contributed by atoms with van der Waals surface area (Å²) in [5.74, 6) is 0. The average Bonchev–Trinajstić information content (AvgIpc) is 3.43. The maximum atomic E-state index is 3.14. The number of hydrogen-bond donors (Lipinski definition) is 0. The number of fused-ring (bicyclic) bond motifs is 3. The summed E-state index contributed by atoms with van der Waals surface area (Å²) in [4.78, 5) is 9.31. The molecule has 0 bridgehead atoms. The normalized spacial score (nSPS) is 11.4. The Kier molecular flexibility index (Phi) is 11.1. The number of rotatable bonds is 12. The molecule has 0 atom stereocenters. The number of para-hydroxylation sites is 3. The summed E-state index contributed by atoms with van der Waals surface area (Å²) in [5, 5.41) is 4.83. The zero-order valence-corrected chi connectivity index (χ0v) is 38.3. The van der Waals surface area contributed by atoms with Crippen LogP contribution in [0, 0.1) is 0 Å². The van der Waals surface area contributed by atoms with Gasteiger partial charge in [0.25, 0.3) is 0 Å². The molecule has 0 saturated carbocycles. The SMILES string of the molecule is C1=C=Cc2cc(N(c3ccccc3)c3ccc(N(c4ccc(N(c5ccccc5)c5ccc6ccccc6c5)cc4)c4ccc(N(c5ccccc5)c5ccc6ccccc6c5)cc4)cc3)ccc2C=1. The summed E-state index contributed by atoms with van der Waals surface area (Å²) < 4.78 is 0. The van der Waals surface area contributed by atoms with Crippen LogP contribution in [0.2, 0.25) is 0 Å². The maximum absolute atomic E-state index is 3.14. The lowest BCUT2D eigenvalue weighted by molar-refractivity contribution is 1.24. The van der Waals surface area contributed by atoms with Crippen molar-refractivity contribution in [1.29, 1.82) is 0 Å². The average molecular weight is 895 g/mol. The van der Waals surface area contributed by atoms with Gasteiger partial charge in [0.2, 0.25) is 0 Å². The molecule has 0 radical (unpaired) electrons. The molecule has 0 amide bonds. The molecular weight excluding hydrogens is 849 g/mol. The Bertz CT molecular complexity index is 3560. The Labute approximate surface area is 409 Å². The Balaban J connectivity index is 0.959. The van der Waals surface area contributed by atoms with Crippen molar-refractivity contribution < 1.29 is 0 Å². The first-order valence-corrected chi connectivity index (χ1v) is 23.7. The fourth-order valence-corrected chi connectivity index (χ4v) is 9.60. The van der Waals surface area contributed by atoms with Crippen molar-refractivity contribution >= 4 is 102 Å². The Morgan fingerprint density at radius 2 is 0.443 bits per heavy atom. The molecule has 0 aliphatic heterocycles. The van der Waals surface area contributed by atoms with E-state index in [0.717, 1.165) is 79.4 Å². The summed E-state index contributed by atoms with van der Waals surface area (Å²) in [6.45, 7) is 0. The molecule has 0 saturated heterocycles. The maximum Gasteiger partial charge on any atom is 0.0468 e. The molecule has 330 valence electrons. The second kappa shape index (κ2) is 18.6. The highest BCUT2D eigenvalue weighted by atomic mass is 15.2. The van der Waals surface area contributed by atoms with Gasteiger partial charge in [0.15, 0.2) is 0 Å². The molecule has 11 aromatic carbocycles. The van der Waals surface area contributed by atoms with Crippen molar-refractivity contribution in [2.75, 3.05) is 19.6 Å². The number of hydrogen-bond acceptors (Lipinski definition) is 4. The van der Waals surface area contributed by atoms with Crippen LogP contribution in [0.25, 0.3) is 33.7 Å². The van der Waals surface area contributed by atoms with Gasteiger partial charge in [-0.1, -0.05) is 133 Å². The molecule has 12 rings (SSSR count). The first kappa shape index (κ1) is 41.8. The molecule has 0 unspecified atom stereocenters. The monoisotopic (exact) mass is 894 g/mol. The molecule has 0 fully saturated rings. The molecule has 0 N–H and O–H groups in total. The zero-order valence-electron chi connectivity index (χ0n) is 38.3. The zero-order chi connectivity index (χ0) is 46.6. The van der Waals surface area contributed by atoms with Crippen molar-refractivity contribution in [2.24, 2.45) is 0 Å². The first-order chi connectivity index (χ1) is 34.7. The van der Waals surface area contributed by atoms with E-state index in [1.807, 2.05) is 12.2 Å². The van der Waals surface area contributed by atoms with Crippen molar-refractivity contribution in [3.05, 3.63) is 290 Å². The van der Waals surface area contributed by atoms with Crippen LogP contribution in [0.4, 0.5) is 68.2 Å². The predicted octanol–water partition coefficient (Wildman–Crippen LogP) is 18.7. The van der Waals surface area contributed by atoms with Crippen molar-refractivity contribution in [3.8, 4) is 0 Å². The Morgan fingerprint density at radius 3 is 0.814 bits per heavy atom. The van der Waals surface area contributed by atoms with Crippen LogP contribution in [0.5, 0.6) is 0 Å². The summed E-state index contributed by atoms with van der Waals surface area (Å²) >= 11 is 0. The predicted molar refractivity (Wildman–Crippen MR) is 296 cm³/mol. The number of nitrogens with zero attached hydrogens (tertiary/aromatic N) is 4. The van der Waals surface area contributed by atoms with E-state index in [9.17, 15) is 0 Å². The highest BCUT2D eigenvalue weighted by molar-refractivity contribution is 5.92. The van der Waals surface area contributed by atoms with E-state index in [1.54, 1.807) is 0 Å². The van der Waals surface area contributed by atoms with E-state index in [2.05, 4.69) is 298 Å². The van der Waals surface area contributed by atoms with Gasteiger partial charge in [0, 0.05) is 68.2 Å². The van der Waals surface area contributed by atoms with Gasteiger partial charge in [0.05, 0.1) is 0 Å². The lowest BCUT2D eigenvalue weighted by atomic mass is 10.0. The Morgan fingerprint density at radius 1 is 0.186 bits per heavy atom. The van der Waals surface area contributed by atoms with E-state index in [4.69, 9.17) is 0 Å². The van der Waals surface area contributed by atoms with Gasteiger partial charge in [-0.3, -0.25) is 0 Å². The molecule has 0 heterocycles. The third kappa shape index (κ3) is 8.30. The lowest BCUT2D eigenvalue weighted by Crippen LogP contribution is -2.14. The van der Waals surface area contributed by atoms with Crippen LogP contribution in [0.15, 0.2) is 278 Å². The van der Waals surface area contributed by atoms with Crippen LogP contribution in [0.1, 0.15) is 11.1 Å². The smallest absolute Gasteiger partial charge is 0.0468 e. The standard InChI is InChI=1S/C66H46N4/c1-4-22-55(23-5-1)68(64-31-28-49-16-10-13-19-52(49)46-64)61-40-34-58(35-41-61)67(59-36-42-62(43-37-59)69(56-24-6-2-7-25-56)65-32-29-50-17-11-14-20-53(50)47-65)60-38-44-63(45-39-60)70(57-26-8-3-9-27-57)66-33-30-51-18-12-15-21-54(51)48-66/h1-11,13-14,16-48H. The highest BCUT2D eigenvalue weighted by Crippen LogP contribution is 2.44. The third-order valence-corrected chi connectivity index (χ3v) is 13.0. The second-order valence-electron chi connectivity index (χ2n) is 17.4. The third-order valence-electron chi connectivity index (χ3n) is 13.0. The first-order valence-electron chi connectivity index (χ1n) is 23.7. The van der Waals surface area contributed by atoms with E-state index in [0.29, 0.717) is 0 Å². The van der Waals surface area contributed by atoms with Crippen LogP contribution in [-0.4, -0.2) is 0 Å². The summed E-state index contributed by atoms with van der Waals surface area (Å²) in [6, 6.07) is 95.6. The number of benzene rings is 11. The van der Waals surface area contributed by atoms with E-state index in [-0.39, 0.29) is 0 Å². The molecule has 0 aromatic heterocycles. The van der Waals surface area contributed by atoms with Gasteiger partial charge >= 0.3 is 0 Å². The summed E-state index contributed by atoms with van der Waals surface area (Å²) in [5.41, 5.74) is 21.3. The minimum atomic E-state index is 1.03. The minimum absolute atomic E-state index is 1.03. The number of anilines is 12. The molecular formula is C66H46N4. The van der Waals surface area contributed by atoms with Crippen LogP contribution < -0.4 is 19.6 Å². The van der Waals surface area contributed by atoms with Crippen LogP contribution in [-0.2, 0) is 0 Å². The van der Waals surface area contributed by atoms with Gasteiger partial charge in [-0.2, -0.15) is 0 Å². The molecule has 4 heteroatoms. The van der Waals surface area contributed by atoms with Crippen molar-refractivity contribution in [2.45, 2.75) is 0 Å². The highest BCUT2D eigenvalue weighted by Gasteiger charge is 2.20. The fraction of sp³-hybridized carbons (Fsp3) is 0. The van der Waals surface area contributed by atoms with Crippen LogP contribution in [0.3, 0.4) is 0 Å². The summed E-state index contributed by atoms with van der Waals surface area (Å²) in [7, 11) is 0. The van der Waals surface area contributed by atoms with Gasteiger partial charge in [-0.05, 0) is 190 Å². The molecule has 0 spiro atoms. The quantitative estimate of drug-likeness (QED) is 0.113. The molecule has 4 nitrogen and oxygen atoms in total. The molecule has 11 aromatic rings. The van der Waals surface area contributed by atoms with Gasteiger partial charge in [0.1, 0.15) is 0 Å². The van der Waals surface area contributed by atoms with Gasteiger partial charge in [-0.25, -0.2) is 0 Å². The van der Waals surface area contributed by atoms with Crippen molar-refractivity contribution in [3.63, 3.8) is 0 Å². The van der Waals surface area contributed by atoms with E-state index in [1.165, 1.54) is 21.5 Å². The molecule has 70 heavy (non-hydrogen) atoms. The molecule has 1 aliphatic carbocycles. The largest absolute Gasteiger partial charge is 0.310 e. The molecule has 1 aliphatic rings.